The summed E-state index contributed by atoms with van der Waals surface area (Å²) in [4.78, 5) is 7.00. The molecule has 1 aliphatic heterocycles. The molecule has 1 aromatic heterocycles. The number of hydrogen-bond donors (Lipinski definition) is 0. The molecule has 2 aromatic rings. The van der Waals surface area contributed by atoms with Gasteiger partial charge in [0, 0.05) is 30.3 Å². The van der Waals surface area contributed by atoms with Crippen molar-refractivity contribution in [1.29, 1.82) is 0 Å². The summed E-state index contributed by atoms with van der Waals surface area (Å²) in [5, 5.41) is 4.83. The highest BCUT2D eigenvalue weighted by atomic mass is 35.5. The lowest BCUT2D eigenvalue weighted by Crippen LogP contribution is -2.37. The van der Waals surface area contributed by atoms with E-state index in [2.05, 4.69) is 15.0 Å². The predicted octanol–water partition coefficient (Wildman–Crippen LogP) is 4.17. The first-order valence-corrected chi connectivity index (χ1v) is 9.56. The third-order valence-electron chi connectivity index (χ3n) is 5.16. The van der Waals surface area contributed by atoms with E-state index < -0.39 is 0 Å². The van der Waals surface area contributed by atoms with Crippen LogP contribution in [0.5, 0.6) is 0 Å². The van der Waals surface area contributed by atoms with Crippen LogP contribution in [0.4, 0.5) is 0 Å². The van der Waals surface area contributed by atoms with Crippen molar-refractivity contribution in [2.24, 2.45) is 5.92 Å². The normalized spacial score (nSPS) is 21.0. The Hall–Kier alpha value is -1.43. The zero-order valence-electron chi connectivity index (χ0n) is 14.4. The quantitative estimate of drug-likeness (QED) is 0.740. The molecule has 1 unspecified atom stereocenters. The Morgan fingerprint density at radius 2 is 1.92 bits per heavy atom. The molecule has 1 aliphatic carbocycles. The highest BCUT2D eigenvalue weighted by molar-refractivity contribution is 6.30. The molecular weight excluding hydrogens is 338 g/mol. The van der Waals surface area contributed by atoms with E-state index >= 15 is 0 Å². The maximum absolute atomic E-state index is 5.94. The molecule has 0 radical (unpaired) electrons. The topological polar surface area (TPSA) is 51.4 Å². The van der Waals surface area contributed by atoms with Crippen LogP contribution in [0, 0.1) is 5.92 Å². The van der Waals surface area contributed by atoms with Crippen molar-refractivity contribution in [2.45, 2.75) is 44.8 Å². The number of rotatable bonds is 7. The van der Waals surface area contributed by atoms with Crippen molar-refractivity contribution in [3.63, 3.8) is 0 Å². The van der Waals surface area contributed by atoms with Gasteiger partial charge < -0.3 is 9.26 Å². The van der Waals surface area contributed by atoms with Crippen molar-refractivity contribution in [2.75, 3.05) is 19.7 Å². The van der Waals surface area contributed by atoms with Gasteiger partial charge in [-0.2, -0.15) is 4.98 Å². The molecule has 5 nitrogen and oxygen atoms in total. The Kier molecular flexibility index (Phi) is 5.34. The molecule has 2 aliphatic rings. The van der Waals surface area contributed by atoms with Crippen LogP contribution in [0.25, 0.3) is 11.4 Å². The molecule has 1 saturated carbocycles. The van der Waals surface area contributed by atoms with Crippen LogP contribution >= 0.6 is 11.6 Å². The third-order valence-corrected chi connectivity index (χ3v) is 5.41. The number of nitrogens with zero attached hydrogens (tertiary/aromatic N) is 3. The molecule has 25 heavy (non-hydrogen) atoms. The number of ether oxygens (including phenoxy) is 1. The third kappa shape index (κ3) is 4.40. The van der Waals surface area contributed by atoms with Gasteiger partial charge in [-0.3, -0.25) is 4.90 Å². The number of hydrogen-bond acceptors (Lipinski definition) is 5. The van der Waals surface area contributed by atoms with E-state index in [9.17, 15) is 0 Å². The van der Waals surface area contributed by atoms with E-state index in [1.54, 1.807) is 0 Å². The summed E-state index contributed by atoms with van der Waals surface area (Å²) < 4.78 is 11.3. The average Bonchev–Trinajstić information content (AvgIpc) is 3.23. The first-order valence-electron chi connectivity index (χ1n) is 9.19. The molecule has 6 heteroatoms. The first kappa shape index (κ1) is 17.0. The first-order chi connectivity index (χ1) is 12.3. The van der Waals surface area contributed by atoms with E-state index in [0.29, 0.717) is 29.4 Å². The predicted molar refractivity (Wildman–Crippen MR) is 96.3 cm³/mol. The summed E-state index contributed by atoms with van der Waals surface area (Å²) in [5.74, 6) is 2.09. The smallest absolute Gasteiger partial charge is 0.241 e. The molecule has 0 N–H and O–H groups in total. The maximum Gasteiger partial charge on any atom is 0.241 e. The Morgan fingerprint density at radius 1 is 1.08 bits per heavy atom. The zero-order chi connectivity index (χ0) is 17.1. The molecule has 0 bridgehead atoms. The second-order valence-electron chi connectivity index (χ2n) is 7.14. The average molecular weight is 362 g/mol. The minimum Gasteiger partial charge on any atom is -0.377 e. The van der Waals surface area contributed by atoms with Crippen LogP contribution < -0.4 is 0 Å². The second-order valence-corrected chi connectivity index (χ2v) is 7.58. The fourth-order valence-corrected chi connectivity index (χ4v) is 3.67. The Labute approximate surface area is 153 Å². The van der Waals surface area contributed by atoms with E-state index in [0.717, 1.165) is 37.6 Å². The Morgan fingerprint density at radius 3 is 2.60 bits per heavy atom. The van der Waals surface area contributed by atoms with Gasteiger partial charge >= 0.3 is 0 Å². The zero-order valence-corrected chi connectivity index (χ0v) is 15.1. The summed E-state index contributed by atoms with van der Waals surface area (Å²) in [6.07, 6.45) is 6.70. The largest absolute Gasteiger partial charge is 0.377 e. The molecule has 134 valence electrons. The molecule has 2 heterocycles. The van der Waals surface area contributed by atoms with Crippen molar-refractivity contribution >= 4 is 11.6 Å². The molecule has 4 rings (SSSR count). The summed E-state index contributed by atoms with van der Waals surface area (Å²) in [6, 6.07) is 7.51. The molecule has 0 amide bonds. The van der Waals surface area contributed by atoms with Gasteiger partial charge in [0.25, 0.3) is 0 Å². The van der Waals surface area contributed by atoms with Gasteiger partial charge in [-0.05, 0) is 55.9 Å². The van der Waals surface area contributed by atoms with Gasteiger partial charge in [-0.25, -0.2) is 0 Å². The van der Waals surface area contributed by atoms with Gasteiger partial charge in [0.05, 0.1) is 12.6 Å². The van der Waals surface area contributed by atoms with Crippen molar-refractivity contribution in [1.82, 2.24) is 15.0 Å². The lowest BCUT2D eigenvalue weighted by molar-refractivity contribution is 0.0538. The van der Waals surface area contributed by atoms with Crippen molar-refractivity contribution in [3.05, 3.63) is 35.2 Å². The number of halogens is 1. The number of benzene rings is 1. The second kappa shape index (κ2) is 7.85. The highest BCUT2D eigenvalue weighted by Crippen LogP contribution is 2.28. The van der Waals surface area contributed by atoms with Crippen LogP contribution in [0.15, 0.2) is 28.8 Å². The molecule has 0 spiro atoms. The SMILES string of the molecule is Clc1ccc(-c2noc(CN(CC3CCC3)CC3CCCO3)n2)cc1. The fourth-order valence-electron chi connectivity index (χ4n) is 3.55. The minimum atomic E-state index is 0.346. The van der Waals surface area contributed by atoms with Crippen LogP contribution in [0.1, 0.15) is 38.0 Å². The fraction of sp³-hybridized carbons (Fsp3) is 0.579. The van der Waals surface area contributed by atoms with Crippen molar-refractivity contribution < 1.29 is 9.26 Å². The van der Waals surface area contributed by atoms with Gasteiger partial charge in [0.1, 0.15) is 0 Å². The molecule has 1 atom stereocenters. The minimum absolute atomic E-state index is 0.346. The lowest BCUT2D eigenvalue weighted by atomic mass is 9.85. The van der Waals surface area contributed by atoms with Crippen LogP contribution in [0.2, 0.25) is 5.02 Å². The van der Waals surface area contributed by atoms with Crippen molar-refractivity contribution in [3.8, 4) is 11.4 Å². The van der Waals surface area contributed by atoms with Gasteiger partial charge in [0.2, 0.25) is 11.7 Å². The van der Waals surface area contributed by atoms with Gasteiger partial charge in [-0.15, -0.1) is 0 Å². The summed E-state index contributed by atoms with van der Waals surface area (Å²) in [5.41, 5.74) is 0.920. The van der Waals surface area contributed by atoms with Crippen LogP contribution in [0.3, 0.4) is 0 Å². The molecule has 1 saturated heterocycles. The maximum atomic E-state index is 5.94. The molecule has 2 fully saturated rings. The van der Waals surface area contributed by atoms with Crippen LogP contribution in [-0.4, -0.2) is 40.8 Å². The van der Waals surface area contributed by atoms with E-state index in [-0.39, 0.29) is 0 Å². The molecule has 1 aromatic carbocycles. The summed E-state index contributed by atoms with van der Waals surface area (Å²) in [7, 11) is 0. The lowest BCUT2D eigenvalue weighted by Gasteiger charge is -2.32. The summed E-state index contributed by atoms with van der Waals surface area (Å²) >= 11 is 5.94. The van der Waals surface area contributed by atoms with Crippen LogP contribution in [-0.2, 0) is 11.3 Å². The Balaban J connectivity index is 1.42. The number of aromatic nitrogens is 2. The monoisotopic (exact) mass is 361 g/mol. The van der Waals surface area contributed by atoms with Gasteiger partial charge in [-0.1, -0.05) is 23.2 Å². The Bertz CT molecular complexity index is 678. The van der Waals surface area contributed by atoms with Gasteiger partial charge in [0.15, 0.2) is 0 Å². The molecular formula is C19H24ClN3O2. The van der Waals surface area contributed by atoms with E-state index in [1.807, 2.05) is 24.3 Å². The van der Waals surface area contributed by atoms with E-state index in [4.69, 9.17) is 20.9 Å². The summed E-state index contributed by atoms with van der Waals surface area (Å²) in [6.45, 7) is 3.63. The van der Waals surface area contributed by atoms with E-state index in [1.165, 1.54) is 25.7 Å². The standard InChI is InChI=1S/C19H24ClN3O2/c20-16-8-6-15(7-9-16)19-21-18(25-22-19)13-23(11-14-3-1-4-14)12-17-5-2-10-24-17/h6-9,14,17H,1-5,10-13H2. The highest BCUT2D eigenvalue weighted by Gasteiger charge is 2.26.